The van der Waals surface area contributed by atoms with E-state index >= 15 is 0 Å². The van der Waals surface area contributed by atoms with Gasteiger partial charge in [0.25, 0.3) is 5.85 Å². The van der Waals surface area contributed by atoms with Crippen LogP contribution < -0.4 is 0 Å². The zero-order chi connectivity index (χ0) is 16.3. The van der Waals surface area contributed by atoms with Gasteiger partial charge in [0.05, 0.1) is 5.92 Å². The van der Waals surface area contributed by atoms with Gasteiger partial charge in [-0.3, -0.25) is 9.59 Å². The molecule has 1 saturated carbocycles. The van der Waals surface area contributed by atoms with Crippen molar-refractivity contribution in [2.75, 3.05) is 6.16 Å². The minimum atomic E-state index is -2.14. The number of aliphatic hydroxyl groups is 1. The number of carbonyl (C=O) groups is 2. The lowest BCUT2D eigenvalue weighted by atomic mass is 10.1. The molecule has 1 fully saturated rings. The quantitative estimate of drug-likeness (QED) is 0.628. The maximum absolute atomic E-state index is 12.2. The van der Waals surface area contributed by atoms with Crippen molar-refractivity contribution in [2.45, 2.75) is 18.7 Å². The molecule has 0 bridgehead atoms. The number of hydrogen-bond donors (Lipinski definition) is 3. The highest BCUT2D eigenvalue weighted by atomic mass is 31.1. The Morgan fingerprint density at radius 3 is 2.36 bits per heavy atom. The standard InChI is InChI=1S/C15H17O6P/c16-13(6-9-4-2-1-3-5-9)22(21)8-12(15(19)20)10-7-11(10)14(17)18/h1-5,10-13,16H,6-8H2,(H-,17,18,19,20)/p+1. The fourth-order valence-corrected chi connectivity index (χ4v) is 4.05. The van der Waals surface area contributed by atoms with E-state index in [1.54, 1.807) is 24.3 Å². The van der Waals surface area contributed by atoms with Gasteiger partial charge >= 0.3 is 19.7 Å². The van der Waals surface area contributed by atoms with E-state index in [0.717, 1.165) is 5.56 Å². The molecule has 1 aliphatic rings. The SMILES string of the molecule is O=C(O)C1CC1C(C[P+](=O)C(O)Cc1ccccc1)C(=O)O. The summed E-state index contributed by atoms with van der Waals surface area (Å²) in [5, 5.41) is 28.1. The molecule has 0 aliphatic heterocycles. The molecule has 0 saturated heterocycles. The van der Waals surface area contributed by atoms with Crippen molar-refractivity contribution in [3.8, 4) is 0 Å². The predicted molar refractivity (Wildman–Crippen MR) is 79.0 cm³/mol. The van der Waals surface area contributed by atoms with E-state index < -0.39 is 43.3 Å². The van der Waals surface area contributed by atoms with Gasteiger partial charge in [-0.15, -0.1) is 0 Å². The highest BCUT2D eigenvalue weighted by molar-refractivity contribution is 7.45. The number of carboxylic acids is 2. The van der Waals surface area contributed by atoms with E-state index in [4.69, 9.17) is 5.11 Å². The minimum Gasteiger partial charge on any atom is -0.481 e. The summed E-state index contributed by atoms with van der Waals surface area (Å²) in [5.41, 5.74) is 0.819. The predicted octanol–water partition coefficient (Wildman–Crippen LogP) is 1.80. The van der Waals surface area contributed by atoms with Crippen LogP contribution in [0.5, 0.6) is 0 Å². The van der Waals surface area contributed by atoms with Gasteiger partial charge < -0.3 is 15.3 Å². The molecule has 0 spiro atoms. The smallest absolute Gasteiger partial charge is 0.371 e. The van der Waals surface area contributed by atoms with E-state index in [0.29, 0.717) is 6.42 Å². The van der Waals surface area contributed by atoms with E-state index in [-0.39, 0.29) is 12.6 Å². The molecule has 1 aromatic carbocycles. The third kappa shape index (κ3) is 4.12. The van der Waals surface area contributed by atoms with Crippen molar-refractivity contribution in [3.63, 3.8) is 0 Å². The molecule has 6 nitrogen and oxygen atoms in total. The van der Waals surface area contributed by atoms with Crippen LogP contribution in [0.15, 0.2) is 30.3 Å². The molecular weight excluding hydrogens is 307 g/mol. The molecular formula is C15H18O6P+. The topological polar surface area (TPSA) is 112 Å². The zero-order valence-electron chi connectivity index (χ0n) is 11.8. The second-order valence-electron chi connectivity index (χ2n) is 5.56. The van der Waals surface area contributed by atoms with Crippen molar-refractivity contribution < 1.29 is 29.5 Å². The number of hydrogen-bond acceptors (Lipinski definition) is 4. The molecule has 0 amide bonds. The first-order chi connectivity index (χ1) is 10.4. The summed E-state index contributed by atoms with van der Waals surface area (Å²) < 4.78 is 12.2. The monoisotopic (exact) mass is 325 g/mol. The normalized spacial score (nSPS) is 23.4. The Hall–Kier alpha value is -1.78. The lowest BCUT2D eigenvalue weighted by Gasteiger charge is -2.07. The van der Waals surface area contributed by atoms with Crippen LogP contribution in [0.25, 0.3) is 0 Å². The van der Waals surface area contributed by atoms with Crippen LogP contribution in [0, 0.1) is 17.8 Å². The Kier molecular flexibility index (Phi) is 5.27. The molecule has 5 unspecified atom stereocenters. The third-order valence-corrected chi connectivity index (χ3v) is 5.56. The molecule has 1 aliphatic carbocycles. The Morgan fingerprint density at radius 1 is 1.23 bits per heavy atom. The number of rotatable bonds is 8. The molecule has 5 atom stereocenters. The van der Waals surface area contributed by atoms with Crippen LogP contribution >= 0.6 is 7.80 Å². The summed E-state index contributed by atoms with van der Waals surface area (Å²) in [5.74, 6) is -5.43. The van der Waals surface area contributed by atoms with Crippen molar-refractivity contribution in [1.29, 1.82) is 0 Å². The van der Waals surface area contributed by atoms with E-state index in [1.807, 2.05) is 6.07 Å². The molecule has 3 N–H and O–H groups in total. The van der Waals surface area contributed by atoms with Gasteiger partial charge in [-0.05, 0) is 17.9 Å². The molecule has 1 aromatic rings. The molecule has 0 heterocycles. The first kappa shape index (κ1) is 16.6. The summed E-state index contributed by atoms with van der Waals surface area (Å²) in [4.78, 5) is 22.1. The summed E-state index contributed by atoms with van der Waals surface area (Å²) in [6.45, 7) is 0. The van der Waals surface area contributed by atoms with Crippen LogP contribution in [0.1, 0.15) is 12.0 Å². The Morgan fingerprint density at radius 2 is 1.86 bits per heavy atom. The van der Waals surface area contributed by atoms with Crippen LogP contribution in [0.2, 0.25) is 0 Å². The van der Waals surface area contributed by atoms with E-state index in [1.165, 1.54) is 0 Å². The molecule has 7 heteroatoms. The third-order valence-electron chi connectivity index (χ3n) is 3.96. The molecule has 0 aromatic heterocycles. The average molecular weight is 325 g/mol. The van der Waals surface area contributed by atoms with Crippen LogP contribution in [0.4, 0.5) is 0 Å². The van der Waals surface area contributed by atoms with Gasteiger partial charge in [0.15, 0.2) is 6.16 Å². The van der Waals surface area contributed by atoms with Gasteiger partial charge in [0.2, 0.25) is 0 Å². The van der Waals surface area contributed by atoms with Crippen molar-refractivity contribution >= 4 is 19.7 Å². The number of carboxylic acid groups (broad SMARTS) is 2. The Balaban J connectivity index is 1.94. The van der Waals surface area contributed by atoms with Gasteiger partial charge in [-0.25, -0.2) is 0 Å². The van der Waals surface area contributed by atoms with Crippen molar-refractivity contribution in [1.82, 2.24) is 0 Å². The number of benzene rings is 1. The first-order valence-corrected chi connectivity index (χ1v) is 8.53. The van der Waals surface area contributed by atoms with E-state index in [2.05, 4.69) is 0 Å². The summed E-state index contributed by atoms with van der Waals surface area (Å²) in [7, 11) is -2.14. The van der Waals surface area contributed by atoms with Crippen molar-refractivity contribution in [2.24, 2.45) is 17.8 Å². The van der Waals surface area contributed by atoms with E-state index in [9.17, 15) is 24.4 Å². The van der Waals surface area contributed by atoms with Crippen molar-refractivity contribution in [3.05, 3.63) is 35.9 Å². The van der Waals surface area contributed by atoms with Gasteiger partial charge in [0, 0.05) is 6.42 Å². The fourth-order valence-electron chi connectivity index (χ4n) is 2.58. The maximum atomic E-state index is 12.2. The highest BCUT2D eigenvalue weighted by Gasteiger charge is 2.53. The molecule has 2 rings (SSSR count). The molecule has 22 heavy (non-hydrogen) atoms. The number of aliphatic hydroxyl groups excluding tert-OH is 1. The van der Waals surface area contributed by atoms with Crippen LogP contribution in [0.3, 0.4) is 0 Å². The zero-order valence-corrected chi connectivity index (χ0v) is 12.7. The minimum absolute atomic E-state index is 0.187. The maximum Gasteiger partial charge on any atom is 0.371 e. The largest absolute Gasteiger partial charge is 0.481 e. The van der Waals surface area contributed by atoms with Gasteiger partial charge in [0.1, 0.15) is 5.92 Å². The lowest BCUT2D eigenvalue weighted by molar-refractivity contribution is -0.142. The van der Waals surface area contributed by atoms with Gasteiger partial charge in [-0.1, -0.05) is 34.9 Å². The first-order valence-electron chi connectivity index (χ1n) is 7.01. The second kappa shape index (κ2) is 6.99. The average Bonchev–Trinajstić information content (AvgIpc) is 3.25. The second-order valence-corrected chi connectivity index (χ2v) is 7.35. The summed E-state index contributed by atoms with van der Waals surface area (Å²) >= 11 is 0. The van der Waals surface area contributed by atoms with Crippen LogP contribution in [-0.4, -0.2) is 39.3 Å². The Labute approximate surface area is 128 Å². The van der Waals surface area contributed by atoms with Crippen LogP contribution in [-0.2, 0) is 20.6 Å². The van der Waals surface area contributed by atoms with Gasteiger partial charge in [-0.2, -0.15) is 0 Å². The summed E-state index contributed by atoms with van der Waals surface area (Å²) in [6, 6.07) is 9.02. The Bertz CT molecular complexity index is 573. The summed E-state index contributed by atoms with van der Waals surface area (Å²) in [6.07, 6.45) is 0.298. The highest BCUT2D eigenvalue weighted by Crippen LogP contribution is 2.48. The fraction of sp³-hybridized carbons (Fsp3) is 0.467. The lowest BCUT2D eigenvalue weighted by Crippen LogP contribution is -2.22. The number of aliphatic carboxylic acids is 2. The molecule has 118 valence electrons. The molecule has 0 radical (unpaired) electrons.